The van der Waals surface area contributed by atoms with E-state index in [1.165, 1.54) is 11.6 Å². The number of aryl methyl sites for hydroxylation is 1. The van der Waals surface area contributed by atoms with Gasteiger partial charge >= 0.3 is 5.97 Å². The summed E-state index contributed by atoms with van der Waals surface area (Å²) >= 11 is 0. The van der Waals surface area contributed by atoms with Crippen LogP contribution in [0.2, 0.25) is 0 Å². The molecule has 136 valence electrons. The lowest BCUT2D eigenvalue weighted by Crippen LogP contribution is -2.32. The van der Waals surface area contributed by atoms with Crippen molar-refractivity contribution in [2.75, 3.05) is 0 Å². The molecule has 0 saturated carbocycles. The average Bonchev–Trinajstić information content (AvgIpc) is 2.65. The fourth-order valence-electron chi connectivity index (χ4n) is 3.75. The SMILES string of the molecule is CC1(C)CCc2cc(-c3ccc4c(c3)C=CC(C(=O)O)C4=C=O)ccc2O1. The molecule has 0 spiro atoms. The van der Waals surface area contributed by atoms with E-state index < -0.39 is 11.9 Å². The van der Waals surface area contributed by atoms with E-state index in [1.54, 1.807) is 6.08 Å². The Morgan fingerprint density at radius 3 is 2.67 bits per heavy atom. The molecule has 0 bridgehead atoms. The van der Waals surface area contributed by atoms with E-state index in [1.807, 2.05) is 36.3 Å². The summed E-state index contributed by atoms with van der Waals surface area (Å²) in [5.41, 5.74) is 4.79. The minimum Gasteiger partial charge on any atom is -0.488 e. The Balaban J connectivity index is 1.72. The van der Waals surface area contributed by atoms with Crippen molar-refractivity contribution < 1.29 is 19.4 Å². The van der Waals surface area contributed by atoms with Crippen LogP contribution in [0.3, 0.4) is 0 Å². The van der Waals surface area contributed by atoms with Gasteiger partial charge in [-0.25, -0.2) is 4.79 Å². The Kier molecular flexibility index (Phi) is 4.01. The van der Waals surface area contributed by atoms with Crippen molar-refractivity contribution in [3.8, 4) is 16.9 Å². The van der Waals surface area contributed by atoms with E-state index in [0.717, 1.165) is 35.3 Å². The molecule has 0 saturated heterocycles. The summed E-state index contributed by atoms with van der Waals surface area (Å²) in [6.07, 6.45) is 5.25. The van der Waals surface area contributed by atoms with E-state index in [0.29, 0.717) is 5.56 Å². The van der Waals surface area contributed by atoms with Gasteiger partial charge in [-0.2, -0.15) is 0 Å². The number of carboxylic acids is 1. The van der Waals surface area contributed by atoms with E-state index in [4.69, 9.17) is 4.74 Å². The van der Waals surface area contributed by atoms with Crippen molar-refractivity contribution >= 4 is 23.6 Å². The molecule has 1 atom stereocenters. The zero-order chi connectivity index (χ0) is 19.2. The summed E-state index contributed by atoms with van der Waals surface area (Å²) in [5, 5.41) is 9.28. The number of hydrogen-bond donors (Lipinski definition) is 1. The minimum atomic E-state index is -1.04. The van der Waals surface area contributed by atoms with Gasteiger partial charge in [0.25, 0.3) is 0 Å². The van der Waals surface area contributed by atoms with Crippen molar-refractivity contribution in [2.45, 2.75) is 32.3 Å². The van der Waals surface area contributed by atoms with Gasteiger partial charge in [0, 0.05) is 0 Å². The Bertz CT molecular complexity index is 1020. The highest BCUT2D eigenvalue weighted by molar-refractivity contribution is 6.04. The Labute approximate surface area is 157 Å². The number of ether oxygens (including phenoxy) is 1. The van der Waals surface area contributed by atoms with E-state index in [9.17, 15) is 14.7 Å². The molecule has 0 radical (unpaired) electrons. The molecule has 1 aliphatic carbocycles. The van der Waals surface area contributed by atoms with Crippen LogP contribution in [0.25, 0.3) is 22.8 Å². The van der Waals surface area contributed by atoms with Gasteiger partial charge in [-0.1, -0.05) is 30.4 Å². The Morgan fingerprint density at radius 2 is 1.93 bits per heavy atom. The summed E-state index contributed by atoms with van der Waals surface area (Å²) in [6.45, 7) is 4.20. The molecule has 27 heavy (non-hydrogen) atoms. The van der Waals surface area contributed by atoms with Gasteiger partial charge in [0.2, 0.25) is 0 Å². The molecule has 2 aliphatic rings. The summed E-state index contributed by atoms with van der Waals surface area (Å²) in [7, 11) is 0. The van der Waals surface area contributed by atoms with Crippen LogP contribution in [0.15, 0.2) is 42.5 Å². The predicted octanol–water partition coefficient (Wildman–Crippen LogP) is 4.40. The average molecular weight is 360 g/mol. The van der Waals surface area contributed by atoms with Crippen LogP contribution in [0.1, 0.15) is 37.0 Å². The van der Waals surface area contributed by atoms with Crippen LogP contribution in [-0.2, 0) is 16.0 Å². The van der Waals surface area contributed by atoms with E-state index >= 15 is 0 Å². The second-order valence-corrected chi connectivity index (χ2v) is 7.68. The van der Waals surface area contributed by atoms with Gasteiger partial charge in [0.15, 0.2) is 0 Å². The molecule has 1 unspecified atom stereocenters. The molecule has 2 aromatic carbocycles. The van der Waals surface area contributed by atoms with Crippen LogP contribution in [-0.4, -0.2) is 22.6 Å². The normalized spacial score (nSPS) is 19.5. The third-order valence-electron chi connectivity index (χ3n) is 5.27. The molecule has 0 fully saturated rings. The highest BCUT2D eigenvalue weighted by atomic mass is 16.5. The van der Waals surface area contributed by atoms with Gasteiger partial charge in [0.05, 0.1) is 5.57 Å². The molecule has 0 amide bonds. The number of carbonyl (C=O) groups is 1. The smallest absolute Gasteiger partial charge is 0.315 e. The van der Waals surface area contributed by atoms with E-state index in [2.05, 4.69) is 19.9 Å². The molecule has 1 aliphatic heterocycles. The van der Waals surface area contributed by atoms with Crippen LogP contribution < -0.4 is 4.74 Å². The highest BCUT2D eigenvalue weighted by Crippen LogP contribution is 2.38. The first kappa shape index (κ1) is 17.3. The molecular weight excluding hydrogens is 340 g/mol. The zero-order valence-corrected chi connectivity index (χ0v) is 15.3. The number of carbonyl (C=O) groups excluding carboxylic acids is 1. The maximum Gasteiger partial charge on any atom is 0.315 e. The lowest BCUT2D eigenvalue weighted by Gasteiger charge is -2.32. The minimum absolute atomic E-state index is 0.136. The predicted molar refractivity (Wildman–Crippen MR) is 104 cm³/mol. The van der Waals surface area contributed by atoms with Crippen molar-refractivity contribution in [2.24, 2.45) is 5.92 Å². The number of fused-ring (bicyclic) bond motifs is 2. The summed E-state index contributed by atoms with van der Waals surface area (Å²) in [5.74, 6) is 0.767. The molecule has 1 N–H and O–H groups in total. The first-order chi connectivity index (χ1) is 12.9. The number of carboxylic acid groups (broad SMARTS) is 1. The highest BCUT2D eigenvalue weighted by Gasteiger charge is 2.28. The van der Waals surface area contributed by atoms with Gasteiger partial charge in [-0.15, -0.1) is 0 Å². The Morgan fingerprint density at radius 1 is 1.19 bits per heavy atom. The first-order valence-electron chi connectivity index (χ1n) is 9.01. The molecule has 1 heterocycles. The lowest BCUT2D eigenvalue weighted by molar-refractivity contribution is -0.138. The van der Waals surface area contributed by atoms with Crippen molar-refractivity contribution in [1.82, 2.24) is 0 Å². The van der Waals surface area contributed by atoms with Crippen molar-refractivity contribution in [3.05, 3.63) is 59.2 Å². The quantitative estimate of drug-likeness (QED) is 0.806. The van der Waals surface area contributed by atoms with Crippen LogP contribution in [0.5, 0.6) is 5.75 Å². The fourth-order valence-corrected chi connectivity index (χ4v) is 3.75. The molecule has 2 aromatic rings. The largest absolute Gasteiger partial charge is 0.488 e. The third kappa shape index (κ3) is 3.09. The second kappa shape index (κ2) is 6.26. The van der Waals surface area contributed by atoms with Gasteiger partial charge in [-0.3, -0.25) is 4.79 Å². The monoisotopic (exact) mass is 360 g/mol. The second-order valence-electron chi connectivity index (χ2n) is 7.68. The summed E-state index contributed by atoms with van der Waals surface area (Å²) in [6, 6.07) is 11.9. The van der Waals surface area contributed by atoms with Crippen molar-refractivity contribution in [1.29, 1.82) is 0 Å². The molecule has 4 rings (SSSR count). The maximum atomic E-state index is 11.3. The standard InChI is InChI=1S/C23H20O4/c1-23(2)10-9-17-12-15(5-8-21(17)27-23)14-3-6-18-16(11-14)4-7-19(22(25)26)20(18)13-24/h3-8,11-12,19H,9-10H2,1-2H3,(H,25,26). The molecule has 4 heteroatoms. The van der Waals surface area contributed by atoms with Gasteiger partial charge in [-0.05, 0) is 72.7 Å². The topological polar surface area (TPSA) is 63.6 Å². The van der Waals surface area contributed by atoms with Crippen LogP contribution in [0, 0.1) is 5.92 Å². The number of rotatable bonds is 2. The van der Waals surface area contributed by atoms with Crippen molar-refractivity contribution in [3.63, 3.8) is 0 Å². The first-order valence-corrected chi connectivity index (χ1v) is 9.01. The number of aliphatic carboxylic acids is 1. The molecule has 4 nitrogen and oxygen atoms in total. The lowest BCUT2D eigenvalue weighted by atomic mass is 9.84. The van der Waals surface area contributed by atoms with Gasteiger partial charge in [0.1, 0.15) is 23.2 Å². The summed E-state index contributed by atoms with van der Waals surface area (Å²) in [4.78, 5) is 22.7. The number of hydrogen-bond acceptors (Lipinski definition) is 3. The molecule has 0 aromatic heterocycles. The Hall–Kier alpha value is -3.10. The maximum absolute atomic E-state index is 11.3. The number of benzene rings is 2. The zero-order valence-electron chi connectivity index (χ0n) is 15.3. The van der Waals surface area contributed by atoms with Crippen LogP contribution in [0.4, 0.5) is 0 Å². The fraction of sp³-hybridized carbons (Fsp3) is 0.261. The summed E-state index contributed by atoms with van der Waals surface area (Å²) < 4.78 is 6.05. The molecular formula is C23H20O4. The van der Waals surface area contributed by atoms with Gasteiger partial charge < -0.3 is 9.84 Å². The van der Waals surface area contributed by atoms with E-state index in [-0.39, 0.29) is 11.2 Å². The third-order valence-corrected chi connectivity index (χ3v) is 5.27. The van der Waals surface area contributed by atoms with Crippen LogP contribution >= 0.6 is 0 Å².